The van der Waals surface area contributed by atoms with E-state index in [9.17, 15) is 13.0 Å². The second kappa shape index (κ2) is 5.07. The molecule has 0 aromatic heterocycles. The Morgan fingerprint density at radius 1 is 0.818 bits per heavy atom. The Bertz CT molecular complexity index is 815. The highest BCUT2D eigenvalue weighted by Crippen LogP contribution is 2.34. The number of benzene rings is 2. The predicted molar refractivity (Wildman–Crippen MR) is 91.2 cm³/mol. The van der Waals surface area contributed by atoms with E-state index in [0.29, 0.717) is 5.39 Å². The summed E-state index contributed by atoms with van der Waals surface area (Å²) in [6, 6.07) is 9.31. The molecule has 0 aliphatic heterocycles. The molecule has 120 valence electrons. The van der Waals surface area contributed by atoms with Gasteiger partial charge in [0.2, 0.25) is 0 Å². The summed E-state index contributed by atoms with van der Waals surface area (Å²) in [6.45, 7) is 12.4. The van der Waals surface area contributed by atoms with Crippen molar-refractivity contribution in [1.82, 2.24) is 0 Å². The second-order valence-electron chi connectivity index (χ2n) is 7.89. The van der Waals surface area contributed by atoms with Crippen LogP contribution >= 0.6 is 0 Å². The van der Waals surface area contributed by atoms with Crippen LogP contribution in [0.5, 0.6) is 0 Å². The molecule has 1 N–H and O–H groups in total. The monoisotopic (exact) mass is 320 g/mol. The Kier molecular flexibility index (Phi) is 3.91. The molecular formula is C18H24O3S. The first kappa shape index (κ1) is 17.0. The van der Waals surface area contributed by atoms with Gasteiger partial charge in [-0.25, -0.2) is 0 Å². The van der Waals surface area contributed by atoms with Gasteiger partial charge in [0.05, 0.1) is 0 Å². The van der Waals surface area contributed by atoms with Gasteiger partial charge in [-0.3, -0.25) is 4.55 Å². The summed E-state index contributed by atoms with van der Waals surface area (Å²) < 4.78 is 33.1. The number of rotatable bonds is 1. The molecule has 0 fully saturated rings. The van der Waals surface area contributed by atoms with Crippen molar-refractivity contribution in [3.8, 4) is 0 Å². The first-order valence-electron chi connectivity index (χ1n) is 7.36. The topological polar surface area (TPSA) is 54.4 Å². The standard InChI is InChI=1S/C18H24O3S/c1-17(2,3)13-7-8-15-12(9-13)10-14(18(4,5)6)11-16(15)22(19,20)21/h7-11H,1-6H3,(H,19,20,21). The zero-order chi connectivity index (χ0) is 16.9. The molecule has 2 aromatic carbocycles. The molecule has 2 aromatic rings. The average Bonchev–Trinajstić information content (AvgIpc) is 2.33. The molecule has 0 heterocycles. The van der Waals surface area contributed by atoms with Gasteiger partial charge in [0, 0.05) is 5.39 Å². The molecule has 0 bridgehead atoms. The first-order chi connectivity index (χ1) is 9.80. The van der Waals surface area contributed by atoms with Crippen LogP contribution in [0.4, 0.5) is 0 Å². The third kappa shape index (κ3) is 3.33. The van der Waals surface area contributed by atoms with Crippen molar-refractivity contribution in [2.45, 2.75) is 57.3 Å². The number of fused-ring (bicyclic) bond motifs is 1. The summed E-state index contributed by atoms with van der Waals surface area (Å²) in [5.74, 6) is 0. The summed E-state index contributed by atoms with van der Waals surface area (Å²) in [4.78, 5) is -0.0182. The van der Waals surface area contributed by atoms with Gasteiger partial charge in [0.15, 0.2) is 0 Å². The molecule has 0 atom stereocenters. The molecule has 4 heteroatoms. The van der Waals surface area contributed by atoms with Crippen LogP contribution in [0, 0.1) is 0 Å². The van der Waals surface area contributed by atoms with Crippen molar-refractivity contribution < 1.29 is 13.0 Å². The van der Waals surface area contributed by atoms with Gasteiger partial charge in [-0.2, -0.15) is 8.42 Å². The lowest BCUT2D eigenvalue weighted by Crippen LogP contribution is -2.14. The van der Waals surface area contributed by atoms with Crippen molar-refractivity contribution in [3.63, 3.8) is 0 Å². The van der Waals surface area contributed by atoms with Crippen LogP contribution in [0.3, 0.4) is 0 Å². The molecular weight excluding hydrogens is 296 g/mol. The zero-order valence-electron chi connectivity index (χ0n) is 14.1. The maximum atomic E-state index is 11.8. The Morgan fingerprint density at radius 2 is 1.32 bits per heavy atom. The smallest absolute Gasteiger partial charge is 0.282 e. The van der Waals surface area contributed by atoms with E-state index in [-0.39, 0.29) is 15.7 Å². The average molecular weight is 320 g/mol. The van der Waals surface area contributed by atoms with Crippen LogP contribution in [0.25, 0.3) is 10.8 Å². The first-order valence-corrected chi connectivity index (χ1v) is 8.80. The lowest BCUT2D eigenvalue weighted by molar-refractivity contribution is 0.483. The van der Waals surface area contributed by atoms with E-state index >= 15 is 0 Å². The van der Waals surface area contributed by atoms with E-state index in [1.165, 1.54) is 0 Å². The highest BCUT2D eigenvalue weighted by molar-refractivity contribution is 7.86. The van der Waals surface area contributed by atoms with Crippen LogP contribution in [-0.4, -0.2) is 13.0 Å². The molecule has 3 nitrogen and oxygen atoms in total. The summed E-state index contributed by atoms with van der Waals surface area (Å²) in [5, 5.41) is 1.40. The highest BCUT2D eigenvalue weighted by Gasteiger charge is 2.22. The molecule has 0 saturated carbocycles. The summed E-state index contributed by atoms with van der Waals surface area (Å²) in [7, 11) is -4.26. The molecule has 0 saturated heterocycles. The van der Waals surface area contributed by atoms with Gasteiger partial charge in [0.1, 0.15) is 4.90 Å². The molecule has 2 rings (SSSR count). The Labute approximate surface area is 133 Å². The minimum Gasteiger partial charge on any atom is -0.282 e. The van der Waals surface area contributed by atoms with Gasteiger partial charge in [-0.05, 0) is 33.4 Å². The Hall–Kier alpha value is -1.39. The maximum Gasteiger partial charge on any atom is 0.295 e. The van der Waals surface area contributed by atoms with Crippen molar-refractivity contribution in [1.29, 1.82) is 0 Å². The molecule has 0 aliphatic rings. The lowest BCUT2D eigenvalue weighted by Gasteiger charge is -2.23. The van der Waals surface area contributed by atoms with Crippen LogP contribution in [0.15, 0.2) is 35.2 Å². The van der Waals surface area contributed by atoms with E-state index in [4.69, 9.17) is 0 Å². The number of hydrogen-bond donors (Lipinski definition) is 1. The van der Waals surface area contributed by atoms with Crippen molar-refractivity contribution in [2.75, 3.05) is 0 Å². The third-order valence-corrected chi connectivity index (χ3v) is 4.82. The van der Waals surface area contributed by atoms with E-state index < -0.39 is 10.1 Å². The van der Waals surface area contributed by atoms with Crippen molar-refractivity contribution in [3.05, 3.63) is 41.5 Å². The quantitative estimate of drug-likeness (QED) is 0.776. The van der Waals surface area contributed by atoms with Crippen molar-refractivity contribution in [2.24, 2.45) is 0 Å². The van der Waals surface area contributed by atoms with E-state index in [0.717, 1.165) is 16.5 Å². The van der Waals surface area contributed by atoms with Gasteiger partial charge in [0.25, 0.3) is 10.1 Å². The Balaban J connectivity index is 2.89. The lowest BCUT2D eigenvalue weighted by atomic mass is 9.83. The van der Waals surface area contributed by atoms with Crippen LogP contribution < -0.4 is 0 Å². The van der Waals surface area contributed by atoms with E-state index in [1.807, 2.05) is 39.0 Å². The van der Waals surface area contributed by atoms with Crippen LogP contribution in [0.1, 0.15) is 52.7 Å². The molecule has 0 amide bonds. The normalized spacial score (nSPS) is 13.6. The minimum absolute atomic E-state index is 0.0182. The van der Waals surface area contributed by atoms with Crippen molar-refractivity contribution >= 4 is 20.9 Å². The summed E-state index contributed by atoms with van der Waals surface area (Å²) in [5.41, 5.74) is 1.79. The Morgan fingerprint density at radius 3 is 1.77 bits per heavy atom. The summed E-state index contributed by atoms with van der Waals surface area (Å²) in [6.07, 6.45) is 0. The highest BCUT2D eigenvalue weighted by atomic mass is 32.2. The molecule has 0 aliphatic carbocycles. The second-order valence-corrected chi connectivity index (χ2v) is 9.28. The fourth-order valence-corrected chi connectivity index (χ4v) is 3.19. The van der Waals surface area contributed by atoms with Gasteiger partial charge in [-0.1, -0.05) is 65.8 Å². The van der Waals surface area contributed by atoms with Gasteiger partial charge in [-0.15, -0.1) is 0 Å². The van der Waals surface area contributed by atoms with Gasteiger partial charge >= 0.3 is 0 Å². The fraction of sp³-hybridized carbons (Fsp3) is 0.444. The maximum absolute atomic E-state index is 11.8. The molecule has 0 radical (unpaired) electrons. The number of hydrogen-bond acceptors (Lipinski definition) is 2. The third-order valence-electron chi connectivity index (χ3n) is 3.92. The largest absolute Gasteiger partial charge is 0.295 e. The fourth-order valence-electron chi connectivity index (χ4n) is 2.45. The van der Waals surface area contributed by atoms with Crippen LogP contribution in [-0.2, 0) is 20.9 Å². The molecule has 0 unspecified atom stereocenters. The minimum atomic E-state index is -4.26. The van der Waals surface area contributed by atoms with E-state index in [2.05, 4.69) is 20.8 Å². The molecule has 0 spiro atoms. The van der Waals surface area contributed by atoms with Gasteiger partial charge < -0.3 is 0 Å². The zero-order valence-corrected chi connectivity index (χ0v) is 14.9. The van der Waals surface area contributed by atoms with Crippen LogP contribution in [0.2, 0.25) is 0 Å². The summed E-state index contributed by atoms with van der Waals surface area (Å²) >= 11 is 0. The predicted octanol–water partition coefficient (Wildman–Crippen LogP) is 4.68. The SMILES string of the molecule is CC(C)(C)c1ccc2c(S(=O)(=O)O)cc(C(C)(C)C)cc2c1. The molecule has 22 heavy (non-hydrogen) atoms. The van der Waals surface area contributed by atoms with E-state index in [1.54, 1.807) is 12.1 Å².